The zero-order valence-corrected chi connectivity index (χ0v) is 10.3. The third-order valence-electron chi connectivity index (χ3n) is 3.14. The molecule has 1 aliphatic rings. The van der Waals surface area contributed by atoms with Crippen LogP contribution in [-0.4, -0.2) is 33.4 Å². The van der Waals surface area contributed by atoms with Crippen molar-refractivity contribution in [2.45, 2.75) is 31.2 Å². The molecule has 19 heavy (non-hydrogen) atoms. The molecule has 0 bridgehead atoms. The molecule has 1 fully saturated rings. The fraction of sp³-hybridized carbons (Fsp3) is 0.600. The van der Waals surface area contributed by atoms with Gasteiger partial charge >= 0.3 is 5.69 Å². The summed E-state index contributed by atoms with van der Waals surface area (Å²) < 4.78 is 6.91. The molecule has 0 spiro atoms. The van der Waals surface area contributed by atoms with Crippen molar-refractivity contribution < 1.29 is 9.84 Å². The molecule has 0 unspecified atom stereocenters. The highest BCUT2D eigenvalue weighted by atomic mass is 16.5. The van der Waals surface area contributed by atoms with Crippen LogP contribution in [0.4, 0.5) is 5.82 Å². The molecule has 3 N–H and O–H groups in total. The summed E-state index contributed by atoms with van der Waals surface area (Å²) in [4.78, 5) is 18.2. The van der Waals surface area contributed by atoms with E-state index in [0.717, 1.165) is 0 Å². The summed E-state index contributed by atoms with van der Waals surface area (Å²) in [6.07, 6.45) is 1.09. The first-order valence-electron chi connectivity index (χ1n) is 5.69. The summed E-state index contributed by atoms with van der Waals surface area (Å²) in [5.41, 5.74) is 12.3. The van der Waals surface area contributed by atoms with Crippen LogP contribution < -0.4 is 11.4 Å². The Morgan fingerprint density at radius 1 is 1.84 bits per heavy atom. The molecule has 0 aliphatic carbocycles. The van der Waals surface area contributed by atoms with Gasteiger partial charge in [-0.25, -0.2) is 4.79 Å². The molecule has 9 heteroatoms. The van der Waals surface area contributed by atoms with Crippen LogP contribution in [0.2, 0.25) is 0 Å². The lowest BCUT2D eigenvalue weighted by Crippen LogP contribution is -2.40. The van der Waals surface area contributed by atoms with Gasteiger partial charge in [-0.05, 0) is 18.5 Å². The van der Waals surface area contributed by atoms with Crippen molar-refractivity contribution in [3.63, 3.8) is 0 Å². The molecule has 3 atom stereocenters. The first kappa shape index (κ1) is 13.3. The van der Waals surface area contributed by atoms with Crippen molar-refractivity contribution in [2.75, 3.05) is 12.3 Å². The first-order chi connectivity index (χ1) is 9.00. The first-order valence-corrected chi connectivity index (χ1v) is 5.69. The Morgan fingerprint density at radius 2 is 2.58 bits per heavy atom. The minimum Gasteiger partial charge on any atom is -0.394 e. The molecule has 0 radical (unpaired) electrons. The maximum atomic E-state index is 11.8. The number of azide groups is 1. The Kier molecular flexibility index (Phi) is 3.43. The highest BCUT2D eigenvalue weighted by molar-refractivity contribution is 5.23. The van der Waals surface area contributed by atoms with Crippen LogP contribution in [0.25, 0.3) is 10.4 Å². The number of hydrogen-bond donors (Lipinski definition) is 2. The van der Waals surface area contributed by atoms with E-state index in [-0.39, 0.29) is 18.8 Å². The Balaban J connectivity index is 2.39. The van der Waals surface area contributed by atoms with E-state index >= 15 is 0 Å². The topological polar surface area (TPSA) is 139 Å². The van der Waals surface area contributed by atoms with Crippen LogP contribution >= 0.6 is 0 Å². The average molecular weight is 266 g/mol. The third kappa shape index (κ3) is 2.39. The van der Waals surface area contributed by atoms with Gasteiger partial charge < -0.3 is 15.6 Å². The van der Waals surface area contributed by atoms with Crippen molar-refractivity contribution in [3.8, 4) is 0 Å². The summed E-state index contributed by atoms with van der Waals surface area (Å²) in [5, 5.41) is 12.8. The highest BCUT2D eigenvalue weighted by Gasteiger charge is 2.44. The standard InChI is InChI=1S/C10H14N6O3/c1-10(16-3-2-8(11)13-9(16)18)4-6(14-15-12)7(5-17)19-10/h2-3,6-7,17H,4-5H2,1H3,(H2,11,13,18)/t6-,7+,10+/m0/s1. The molecule has 0 saturated carbocycles. The average Bonchev–Trinajstić information content (AvgIpc) is 2.67. The number of hydrogen-bond acceptors (Lipinski definition) is 6. The second-order valence-electron chi connectivity index (χ2n) is 4.50. The predicted molar refractivity (Wildman–Crippen MR) is 66.1 cm³/mol. The number of anilines is 1. The summed E-state index contributed by atoms with van der Waals surface area (Å²) in [7, 11) is 0. The predicted octanol–water partition coefficient (Wildman–Crippen LogP) is -0.0417. The van der Waals surface area contributed by atoms with Crippen molar-refractivity contribution in [1.29, 1.82) is 0 Å². The Hall–Kier alpha value is -2.09. The molecule has 9 nitrogen and oxygen atoms in total. The Morgan fingerprint density at radius 3 is 3.16 bits per heavy atom. The van der Waals surface area contributed by atoms with Gasteiger partial charge in [-0.2, -0.15) is 4.98 Å². The smallest absolute Gasteiger partial charge is 0.351 e. The fourth-order valence-electron chi connectivity index (χ4n) is 2.24. The maximum absolute atomic E-state index is 11.8. The van der Waals surface area contributed by atoms with Crippen molar-refractivity contribution in [1.82, 2.24) is 9.55 Å². The van der Waals surface area contributed by atoms with Crippen LogP contribution in [0.5, 0.6) is 0 Å². The van der Waals surface area contributed by atoms with Gasteiger partial charge in [0.05, 0.1) is 18.8 Å². The number of aromatic nitrogens is 2. The van der Waals surface area contributed by atoms with Crippen LogP contribution in [0.1, 0.15) is 13.3 Å². The number of rotatable bonds is 3. The zero-order valence-electron chi connectivity index (χ0n) is 10.3. The van der Waals surface area contributed by atoms with Gasteiger partial charge in [-0.15, -0.1) is 0 Å². The van der Waals surface area contributed by atoms with E-state index in [1.165, 1.54) is 16.8 Å². The highest BCUT2D eigenvalue weighted by Crippen LogP contribution is 2.35. The van der Waals surface area contributed by atoms with Gasteiger partial charge in [0.25, 0.3) is 0 Å². The number of aliphatic hydroxyl groups excluding tert-OH is 1. The monoisotopic (exact) mass is 266 g/mol. The number of nitrogen functional groups attached to an aromatic ring is 1. The molecule has 0 amide bonds. The van der Waals surface area contributed by atoms with Gasteiger partial charge in [0.15, 0.2) is 0 Å². The second kappa shape index (κ2) is 4.88. The Bertz CT molecular complexity index is 581. The number of nitrogens with zero attached hydrogens (tertiary/aromatic N) is 5. The third-order valence-corrected chi connectivity index (χ3v) is 3.14. The number of nitrogens with two attached hydrogens (primary N) is 1. The lowest BCUT2D eigenvalue weighted by atomic mass is 10.1. The molecular formula is C10H14N6O3. The quantitative estimate of drug-likeness (QED) is 0.448. The molecule has 0 aromatic carbocycles. The number of ether oxygens (including phenoxy) is 1. The van der Waals surface area contributed by atoms with E-state index in [1.54, 1.807) is 6.92 Å². The van der Waals surface area contributed by atoms with Crippen molar-refractivity contribution >= 4 is 5.82 Å². The second-order valence-corrected chi connectivity index (χ2v) is 4.50. The van der Waals surface area contributed by atoms with Crippen molar-refractivity contribution in [2.24, 2.45) is 5.11 Å². The molecule has 1 aromatic heterocycles. The van der Waals surface area contributed by atoms with Crippen LogP contribution in [0, 0.1) is 0 Å². The van der Waals surface area contributed by atoms with Gasteiger partial charge in [0.1, 0.15) is 11.5 Å². The van der Waals surface area contributed by atoms with E-state index in [4.69, 9.17) is 16.0 Å². The van der Waals surface area contributed by atoms with Crippen LogP contribution in [-0.2, 0) is 10.5 Å². The molecule has 1 saturated heterocycles. The van der Waals surface area contributed by atoms with Gasteiger partial charge in [-0.1, -0.05) is 5.11 Å². The minimum atomic E-state index is -1.02. The molecule has 102 valence electrons. The molecular weight excluding hydrogens is 252 g/mol. The summed E-state index contributed by atoms with van der Waals surface area (Å²) >= 11 is 0. The molecule has 2 heterocycles. The summed E-state index contributed by atoms with van der Waals surface area (Å²) in [6.45, 7) is 1.37. The lowest BCUT2D eigenvalue weighted by Gasteiger charge is -2.26. The van der Waals surface area contributed by atoms with Crippen molar-refractivity contribution in [3.05, 3.63) is 33.2 Å². The molecule has 1 aromatic rings. The molecule has 1 aliphatic heterocycles. The lowest BCUT2D eigenvalue weighted by molar-refractivity contribution is -0.101. The van der Waals surface area contributed by atoms with E-state index in [2.05, 4.69) is 15.0 Å². The summed E-state index contributed by atoms with van der Waals surface area (Å²) in [6, 6.07) is 0.939. The normalized spacial score (nSPS) is 30.0. The van der Waals surface area contributed by atoms with Gasteiger partial charge in [0.2, 0.25) is 0 Å². The summed E-state index contributed by atoms with van der Waals surface area (Å²) in [5.74, 6) is 0.119. The van der Waals surface area contributed by atoms with E-state index in [0.29, 0.717) is 0 Å². The van der Waals surface area contributed by atoms with Gasteiger partial charge in [0, 0.05) is 17.5 Å². The molecule has 2 rings (SSSR count). The van der Waals surface area contributed by atoms with E-state index < -0.39 is 23.6 Å². The van der Waals surface area contributed by atoms with E-state index in [9.17, 15) is 9.90 Å². The largest absolute Gasteiger partial charge is 0.394 e. The SMILES string of the molecule is C[C@]1(n2ccc(N)nc2=O)C[C@H](N=[N+]=[N-])[C@@H](CO)O1. The van der Waals surface area contributed by atoms with E-state index in [1.807, 2.05) is 0 Å². The maximum Gasteiger partial charge on any atom is 0.351 e. The number of aliphatic hydroxyl groups is 1. The van der Waals surface area contributed by atoms with Crippen LogP contribution in [0.15, 0.2) is 22.2 Å². The fourth-order valence-corrected chi connectivity index (χ4v) is 2.24. The minimum absolute atomic E-state index is 0.119. The van der Waals surface area contributed by atoms with Gasteiger partial charge in [-0.3, -0.25) is 4.57 Å². The van der Waals surface area contributed by atoms with Crippen LogP contribution in [0.3, 0.4) is 0 Å². The zero-order chi connectivity index (χ0) is 14.0. The Labute approximate surface area is 108 Å².